The van der Waals surface area contributed by atoms with Crippen LogP contribution in [0.4, 0.5) is 4.39 Å². The van der Waals surface area contributed by atoms with E-state index in [0.29, 0.717) is 11.4 Å². The van der Waals surface area contributed by atoms with Crippen molar-refractivity contribution in [3.8, 4) is 11.4 Å². The van der Waals surface area contributed by atoms with Gasteiger partial charge in [-0.2, -0.15) is 0 Å². The standard InChI is InChI=1S/C11H9FN2O2/c1-14-5-4-13-10(14)7-2-3-8(11(15)16)9(12)6-7/h2-6H,1H3,(H,15,16). The average Bonchev–Trinajstić information content (AvgIpc) is 2.63. The molecule has 0 radical (unpaired) electrons. The van der Waals surface area contributed by atoms with E-state index >= 15 is 0 Å². The number of aryl methyl sites for hydroxylation is 1. The molecule has 5 heteroatoms. The van der Waals surface area contributed by atoms with Crippen LogP contribution in [0.15, 0.2) is 30.6 Å². The van der Waals surface area contributed by atoms with Crippen LogP contribution in [0.25, 0.3) is 11.4 Å². The minimum absolute atomic E-state index is 0.335. The Balaban J connectivity index is 2.50. The molecule has 0 saturated heterocycles. The lowest BCUT2D eigenvalue weighted by atomic mass is 10.1. The number of rotatable bonds is 2. The third-order valence-electron chi connectivity index (χ3n) is 2.28. The quantitative estimate of drug-likeness (QED) is 0.841. The van der Waals surface area contributed by atoms with Crippen molar-refractivity contribution in [1.29, 1.82) is 0 Å². The molecule has 0 unspecified atom stereocenters. The van der Waals surface area contributed by atoms with E-state index in [1.807, 2.05) is 0 Å². The number of aromatic carboxylic acids is 1. The number of benzene rings is 1. The van der Waals surface area contributed by atoms with Crippen LogP contribution in [0.5, 0.6) is 0 Å². The molecule has 16 heavy (non-hydrogen) atoms. The topological polar surface area (TPSA) is 55.1 Å². The zero-order valence-corrected chi connectivity index (χ0v) is 8.51. The molecule has 2 rings (SSSR count). The van der Waals surface area contributed by atoms with Crippen molar-refractivity contribution in [2.45, 2.75) is 0 Å². The normalized spacial score (nSPS) is 10.4. The van der Waals surface area contributed by atoms with Gasteiger partial charge in [0.15, 0.2) is 0 Å². The molecule has 4 nitrogen and oxygen atoms in total. The lowest BCUT2D eigenvalue weighted by Crippen LogP contribution is -2.01. The lowest BCUT2D eigenvalue weighted by molar-refractivity contribution is 0.0692. The van der Waals surface area contributed by atoms with Gasteiger partial charge in [0.05, 0.1) is 5.56 Å². The summed E-state index contributed by atoms with van der Waals surface area (Å²) in [6.07, 6.45) is 3.33. The van der Waals surface area contributed by atoms with E-state index in [-0.39, 0.29) is 5.56 Å². The zero-order chi connectivity index (χ0) is 11.7. The number of carboxylic acid groups (broad SMARTS) is 1. The zero-order valence-electron chi connectivity index (χ0n) is 8.51. The molecule has 0 saturated carbocycles. The predicted molar refractivity (Wildman–Crippen MR) is 55.6 cm³/mol. The van der Waals surface area contributed by atoms with Crippen LogP contribution in [0.1, 0.15) is 10.4 Å². The Kier molecular flexibility index (Phi) is 2.44. The monoisotopic (exact) mass is 220 g/mol. The van der Waals surface area contributed by atoms with E-state index in [2.05, 4.69) is 4.98 Å². The number of carbonyl (C=O) groups is 1. The van der Waals surface area contributed by atoms with E-state index in [1.165, 1.54) is 18.2 Å². The molecule has 1 N–H and O–H groups in total. The summed E-state index contributed by atoms with van der Waals surface area (Å²) in [5.74, 6) is -1.44. The molecule has 1 heterocycles. The van der Waals surface area contributed by atoms with Crippen LogP contribution in [0, 0.1) is 5.82 Å². The van der Waals surface area contributed by atoms with Crippen LogP contribution in [0.2, 0.25) is 0 Å². The Morgan fingerprint density at radius 2 is 2.25 bits per heavy atom. The van der Waals surface area contributed by atoms with Crippen LogP contribution < -0.4 is 0 Å². The lowest BCUT2D eigenvalue weighted by Gasteiger charge is -2.03. The Hall–Kier alpha value is -2.17. The second-order valence-corrected chi connectivity index (χ2v) is 3.36. The van der Waals surface area contributed by atoms with Crippen molar-refractivity contribution in [3.63, 3.8) is 0 Å². The molecule has 2 aromatic rings. The predicted octanol–water partition coefficient (Wildman–Crippen LogP) is 1.92. The molecule has 0 aliphatic rings. The number of carboxylic acids is 1. The average molecular weight is 220 g/mol. The molecule has 0 fully saturated rings. The van der Waals surface area contributed by atoms with E-state index in [1.54, 1.807) is 24.0 Å². The Morgan fingerprint density at radius 1 is 1.50 bits per heavy atom. The summed E-state index contributed by atoms with van der Waals surface area (Å²) in [7, 11) is 1.78. The van der Waals surface area contributed by atoms with Gasteiger partial charge in [-0.3, -0.25) is 0 Å². The molecule has 1 aromatic carbocycles. The minimum Gasteiger partial charge on any atom is -0.478 e. The summed E-state index contributed by atoms with van der Waals surface area (Å²) in [4.78, 5) is 14.7. The van der Waals surface area contributed by atoms with Gasteiger partial charge in [0.1, 0.15) is 11.6 Å². The first-order chi connectivity index (χ1) is 7.59. The maximum absolute atomic E-state index is 13.4. The Labute approximate surface area is 91.0 Å². The molecule has 82 valence electrons. The van der Waals surface area contributed by atoms with Gasteiger partial charge in [-0.15, -0.1) is 0 Å². The van der Waals surface area contributed by atoms with Gasteiger partial charge in [0.25, 0.3) is 0 Å². The second-order valence-electron chi connectivity index (χ2n) is 3.36. The fraction of sp³-hybridized carbons (Fsp3) is 0.0909. The van der Waals surface area contributed by atoms with Gasteiger partial charge in [0, 0.05) is 25.0 Å². The van der Waals surface area contributed by atoms with Gasteiger partial charge in [0.2, 0.25) is 0 Å². The number of hydrogen-bond donors (Lipinski definition) is 1. The van der Waals surface area contributed by atoms with Crippen molar-refractivity contribution >= 4 is 5.97 Å². The molecule has 0 aliphatic carbocycles. The van der Waals surface area contributed by atoms with Crippen LogP contribution >= 0.6 is 0 Å². The summed E-state index contributed by atoms with van der Waals surface area (Å²) in [6.45, 7) is 0. The van der Waals surface area contributed by atoms with Crippen LogP contribution in [-0.4, -0.2) is 20.6 Å². The third-order valence-corrected chi connectivity index (χ3v) is 2.28. The molecule has 1 aromatic heterocycles. The maximum atomic E-state index is 13.4. The first-order valence-corrected chi connectivity index (χ1v) is 4.60. The van der Waals surface area contributed by atoms with Crippen molar-refractivity contribution in [2.24, 2.45) is 7.05 Å². The van der Waals surface area contributed by atoms with Gasteiger partial charge < -0.3 is 9.67 Å². The largest absolute Gasteiger partial charge is 0.478 e. The number of imidazole rings is 1. The smallest absolute Gasteiger partial charge is 0.338 e. The number of aromatic nitrogens is 2. The van der Waals surface area contributed by atoms with Crippen LogP contribution in [0.3, 0.4) is 0 Å². The molecule has 0 aliphatic heterocycles. The van der Waals surface area contributed by atoms with Crippen molar-refractivity contribution in [3.05, 3.63) is 42.0 Å². The first-order valence-electron chi connectivity index (χ1n) is 4.60. The molecule has 0 atom stereocenters. The van der Waals surface area contributed by atoms with Crippen molar-refractivity contribution in [2.75, 3.05) is 0 Å². The summed E-state index contributed by atoms with van der Waals surface area (Å²) in [5, 5.41) is 8.68. The van der Waals surface area contributed by atoms with E-state index in [4.69, 9.17) is 5.11 Å². The SMILES string of the molecule is Cn1ccnc1-c1ccc(C(=O)O)c(F)c1. The molecular weight excluding hydrogens is 211 g/mol. The van der Waals surface area contributed by atoms with Gasteiger partial charge >= 0.3 is 5.97 Å². The van der Waals surface area contributed by atoms with Gasteiger partial charge in [-0.1, -0.05) is 6.07 Å². The Morgan fingerprint density at radius 3 is 2.75 bits per heavy atom. The van der Waals surface area contributed by atoms with Crippen LogP contribution in [-0.2, 0) is 7.05 Å². The van der Waals surface area contributed by atoms with Crippen molar-refractivity contribution < 1.29 is 14.3 Å². The highest BCUT2D eigenvalue weighted by Gasteiger charge is 2.12. The van der Waals surface area contributed by atoms with E-state index < -0.39 is 11.8 Å². The fourth-order valence-electron chi connectivity index (χ4n) is 1.47. The summed E-state index contributed by atoms with van der Waals surface area (Å²) in [6, 6.07) is 3.95. The first kappa shape index (κ1) is 10.4. The summed E-state index contributed by atoms with van der Waals surface area (Å²) < 4.78 is 15.1. The number of halogens is 1. The molecule has 0 amide bonds. The molecule has 0 spiro atoms. The van der Waals surface area contributed by atoms with Crippen molar-refractivity contribution in [1.82, 2.24) is 9.55 Å². The minimum atomic E-state index is -1.27. The number of hydrogen-bond acceptors (Lipinski definition) is 2. The number of nitrogens with zero attached hydrogens (tertiary/aromatic N) is 2. The van der Waals surface area contributed by atoms with Gasteiger partial charge in [-0.05, 0) is 12.1 Å². The highest BCUT2D eigenvalue weighted by atomic mass is 19.1. The van der Waals surface area contributed by atoms with E-state index in [9.17, 15) is 9.18 Å². The fourth-order valence-corrected chi connectivity index (χ4v) is 1.47. The summed E-state index contributed by atoms with van der Waals surface area (Å²) >= 11 is 0. The van der Waals surface area contributed by atoms with Gasteiger partial charge in [-0.25, -0.2) is 14.2 Å². The second kappa shape index (κ2) is 3.77. The molecular formula is C11H9FN2O2. The third kappa shape index (κ3) is 1.67. The molecule has 0 bridgehead atoms. The maximum Gasteiger partial charge on any atom is 0.338 e. The summed E-state index contributed by atoms with van der Waals surface area (Å²) in [5.41, 5.74) is 0.216. The highest BCUT2D eigenvalue weighted by Crippen LogP contribution is 2.19. The highest BCUT2D eigenvalue weighted by molar-refractivity contribution is 5.88. The van der Waals surface area contributed by atoms with E-state index in [0.717, 1.165) is 0 Å². The Bertz CT molecular complexity index is 549.